The number of fused-ring (bicyclic) bond motifs is 1. The number of rotatable bonds is 5. The lowest BCUT2D eigenvalue weighted by Crippen LogP contribution is -2.36. The molecule has 0 aliphatic heterocycles. The third-order valence-corrected chi connectivity index (χ3v) is 3.54. The number of pyridine rings is 1. The molecule has 1 amide bonds. The summed E-state index contributed by atoms with van der Waals surface area (Å²) in [6, 6.07) is 1.73. The molecule has 0 saturated heterocycles. The Morgan fingerprint density at radius 3 is 2.92 bits per heavy atom. The van der Waals surface area contributed by atoms with E-state index in [0.29, 0.717) is 17.0 Å². The molecule has 0 spiro atoms. The lowest BCUT2D eigenvalue weighted by Gasteiger charge is -2.19. The van der Waals surface area contributed by atoms with Gasteiger partial charge in [-0.2, -0.15) is 5.21 Å². The minimum absolute atomic E-state index is 0.0224. The molecule has 0 atom stereocenters. The van der Waals surface area contributed by atoms with Gasteiger partial charge in [0.2, 0.25) is 0 Å². The molecule has 0 aromatic carbocycles. The van der Waals surface area contributed by atoms with Gasteiger partial charge in [0, 0.05) is 17.8 Å². The van der Waals surface area contributed by atoms with Crippen LogP contribution in [-0.4, -0.2) is 61.0 Å². The van der Waals surface area contributed by atoms with Gasteiger partial charge in [0.15, 0.2) is 5.82 Å². The third kappa shape index (κ3) is 3.07. The molecular formula is C14H15N7O3. The van der Waals surface area contributed by atoms with Crippen molar-refractivity contribution in [2.24, 2.45) is 0 Å². The smallest absolute Gasteiger partial charge is 0.325 e. The second-order valence-corrected chi connectivity index (χ2v) is 5.16. The van der Waals surface area contributed by atoms with Crippen molar-refractivity contribution in [3.8, 4) is 0 Å². The first kappa shape index (κ1) is 15.6. The average Bonchev–Trinajstić information content (AvgIpc) is 3.23. The zero-order valence-electron chi connectivity index (χ0n) is 13.1. The molecule has 0 aliphatic rings. The maximum absolute atomic E-state index is 12.8. The lowest BCUT2D eigenvalue weighted by atomic mass is 10.1. The normalized spacial score (nSPS) is 10.8. The molecule has 0 aliphatic carbocycles. The zero-order valence-corrected chi connectivity index (χ0v) is 13.1. The van der Waals surface area contributed by atoms with E-state index in [1.165, 1.54) is 18.2 Å². The maximum atomic E-state index is 12.8. The number of carbonyl (C=O) groups is 2. The lowest BCUT2D eigenvalue weighted by molar-refractivity contribution is -0.141. The van der Waals surface area contributed by atoms with Crippen molar-refractivity contribution in [1.29, 1.82) is 0 Å². The Morgan fingerprint density at radius 1 is 1.38 bits per heavy atom. The van der Waals surface area contributed by atoms with Gasteiger partial charge in [-0.3, -0.25) is 9.59 Å². The minimum atomic E-state index is -0.543. The van der Waals surface area contributed by atoms with Crippen LogP contribution in [0.2, 0.25) is 0 Å². The van der Waals surface area contributed by atoms with E-state index < -0.39 is 5.97 Å². The molecule has 0 fully saturated rings. The second-order valence-electron chi connectivity index (χ2n) is 5.16. The quantitative estimate of drug-likeness (QED) is 0.639. The molecule has 0 radical (unpaired) electrons. The van der Waals surface area contributed by atoms with E-state index in [1.54, 1.807) is 6.07 Å². The summed E-state index contributed by atoms with van der Waals surface area (Å²) in [5.41, 5.74) is 2.03. The molecule has 0 unspecified atom stereocenters. The Hall–Kier alpha value is -3.30. The summed E-state index contributed by atoms with van der Waals surface area (Å²) in [6.45, 7) is 1.71. The average molecular weight is 329 g/mol. The molecule has 0 bridgehead atoms. The number of esters is 1. The molecule has 3 rings (SSSR count). The standard InChI is InChI=1S/C14H15N7O3/c1-8-4-15-13-10(8)3-9(5-16-13)14(23)21(7-12(22)24-2)6-11-17-19-20-18-11/h3-5H,6-7H2,1-2H3,(H,15,16)(H,17,18,19,20). The van der Waals surface area contributed by atoms with Crippen molar-refractivity contribution in [1.82, 2.24) is 35.5 Å². The molecule has 3 aromatic rings. The Bertz CT molecular complexity index is 872. The van der Waals surface area contributed by atoms with Crippen LogP contribution in [0.1, 0.15) is 21.7 Å². The van der Waals surface area contributed by atoms with Crippen molar-refractivity contribution in [3.05, 3.63) is 35.4 Å². The van der Waals surface area contributed by atoms with Crippen LogP contribution >= 0.6 is 0 Å². The van der Waals surface area contributed by atoms with Crippen molar-refractivity contribution in [2.75, 3.05) is 13.7 Å². The highest BCUT2D eigenvalue weighted by atomic mass is 16.5. The van der Waals surface area contributed by atoms with Crippen molar-refractivity contribution in [3.63, 3.8) is 0 Å². The maximum Gasteiger partial charge on any atom is 0.325 e. The van der Waals surface area contributed by atoms with Crippen LogP contribution in [0.4, 0.5) is 0 Å². The zero-order chi connectivity index (χ0) is 17.1. The largest absolute Gasteiger partial charge is 0.468 e. The first-order chi connectivity index (χ1) is 11.6. The predicted octanol–water partition coefficient (Wildman–Crippen LogP) is 0.200. The molecule has 0 saturated carbocycles. The topological polar surface area (TPSA) is 130 Å². The summed E-state index contributed by atoms with van der Waals surface area (Å²) in [5.74, 6) is -0.627. The minimum Gasteiger partial charge on any atom is -0.468 e. The number of aryl methyl sites for hydroxylation is 1. The number of nitrogens with one attached hydrogen (secondary N) is 2. The summed E-state index contributed by atoms with van der Waals surface area (Å²) in [4.78, 5) is 32.9. The predicted molar refractivity (Wildman–Crippen MR) is 81.8 cm³/mol. The number of amides is 1. The number of ether oxygens (including phenoxy) is 1. The SMILES string of the molecule is COC(=O)CN(Cc1nn[nH]n1)C(=O)c1cnc2[nH]cc(C)c2c1. The number of aromatic amines is 2. The molecule has 124 valence electrons. The van der Waals surface area contributed by atoms with E-state index in [9.17, 15) is 9.59 Å². The van der Waals surface area contributed by atoms with E-state index in [2.05, 4.69) is 35.3 Å². The number of hydrogen-bond donors (Lipinski definition) is 2. The summed E-state index contributed by atoms with van der Waals surface area (Å²) >= 11 is 0. The highest BCUT2D eigenvalue weighted by molar-refractivity contribution is 5.98. The summed E-state index contributed by atoms with van der Waals surface area (Å²) in [7, 11) is 1.26. The van der Waals surface area contributed by atoms with Crippen LogP contribution < -0.4 is 0 Å². The van der Waals surface area contributed by atoms with E-state index in [1.807, 2.05) is 13.1 Å². The van der Waals surface area contributed by atoms with Crippen molar-refractivity contribution < 1.29 is 14.3 Å². The number of carbonyl (C=O) groups excluding carboxylic acids is 2. The van der Waals surface area contributed by atoms with Gasteiger partial charge in [-0.05, 0) is 18.6 Å². The van der Waals surface area contributed by atoms with E-state index >= 15 is 0 Å². The van der Waals surface area contributed by atoms with Gasteiger partial charge in [-0.1, -0.05) is 5.21 Å². The molecule has 24 heavy (non-hydrogen) atoms. The second kappa shape index (κ2) is 6.44. The van der Waals surface area contributed by atoms with Gasteiger partial charge < -0.3 is 14.6 Å². The first-order valence-corrected chi connectivity index (χ1v) is 7.10. The third-order valence-electron chi connectivity index (χ3n) is 3.54. The molecule has 3 aromatic heterocycles. The number of H-pyrrole nitrogens is 2. The van der Waals surface area contributed by atoms with Crippen LogP contribution in [0.25, 0.3) is 11.0 Å². The van der Waals surface area contributed by atoms with Crippen LogP contribution in [-0.2, 0) is 16.1 Å². The fourth-order valence-corrected chi connectivity index (χ4v) is 2.27. The highest BCUT2D eigenvalue weighted by Gasteiger charge is 2.22. The molecule has 2 N–H and O–H groups in total. The number of hydrogen-bond acceptors (Lipinski definition) is 7. The van der Waals surface area contributed by atoms with Crippen LogP contribution in [0.15, 0.2) is 18.5 Å². The van der Waals surface area contributed by atoms with Crippen LogP contribution in [0.5, 0.6) is 0 Å². The monoisotopic (exact) mass is 329 g/mol. The molecule has 10 heteroatoms. The molecule has 3 heterocycles. The van der Waals surface area contributed by atoms with Gasteiger partial charge in [0.05, 0.1) is 19.2 Å². The number of aromatic nitrogens is 6. The number of tetrazole rings is 1. The Kier molecular flexibility index (Phi) is 4.18. The van der Waals surface area contributed by atoms with Crippen molar-refractivity contribution >= 4 is 22.9 Å². The van der Waals surface area contributed by atoms with Gasteiger partial charge in [-0.25, -0.2) is 4.98 Å². The fraction of sp³-hybridized carbons (Fsp3) is 0.286. The van der Waals surface area contributed by atoms with Gasteiger partial charge in [0.1, 0.15) is 12.2 Å². The van der Waals surface area contributed by atoms with Crippen LogP contribution in [0, 0.1) is 6.92 Å². The summed E-state index contributed by atoms with van der Waals surface area (Å²) in [5, 5.41) is 14.2. The Balaban J connectivity index is 1.90. The van der Waals surface area contributed by atoms with Crippen LogP contribution in [0.3, 0.4) is 0 Å². The van der Waals surface area contributed by atoms with E-state index in [0.717, 1.165) is 10.9 Å². The first-order valence-electron chi connectivity index (χ1n) is 7.10. The fourth-order valence-electron chi connectivity index (χ4n) is 2.27. The summed E-state index contributed by atoms with van der Waals surface area (Å²) in [6.07, 6.45) is 3.28. The van der Waals surface area contributed by atoms with Gasteiger partial charge in [0.25, 0.3) is 5.91 Å². The number of nitrogens with zero attached hydrogens (tertiary/aromatic N) is 5. The number of methoxy groups -OCH3 is 1. The van der Waals surface area contributed by atoms with Gasteiger partial charge >= 0.3 is 5.97 Å². The van der Waals surface area contributed by atoms with E-state index in [-0.39, 0.29) is 19.0 Å². The Morgan fingerprint density at radius 2 is 2.21 bits per heavy atom. The molecular weight excluding hydrogens is 314 g/mol. The summed E-state index contributed by atoms with van der Waals surface area (Å²) < 4.78 is 4.65. The van der Waals surface area contributed by atoms with E-state index in [4.69, 9.17) is 0 Å². The van der Waals surface area contributed by atoms with Gasteiger partial charge in [-0.15, -0.1) is 10.2 Å². The Labute approximate surface area is 136 Å². The highest BCUT2D eigenvalue weighted by Crippen LogP contribution is 2.18. The molecule has 10 nitrogen and oxygen atoms in total. The van der Waals surface area contributed by atoms with Crippen molar-refractivity contribution in [2.45, 2.75) is 13.5 Å².